The zero-order chi connectivity index (χ0) is 21.1. The Balaban J connectivity index is 1.63. The average molecular weight is 501 g/mol. The number of hydrogen-bond donors (Lipinski definition) is 0. The number of para-hydroxylation sites is 1. The first kappa shape index (κ1) is 20.7. The minimum Gasteiger partial charge on any atom is -0.488 e. The van der Waals surface area contributed by atoms with Gasteiger partial charge in [-0.25, -0.2) is 4.90 Å². The second-order valence-electron chi connectivity index (χ2n) is 6.42. The number of amides is 2. The number of nitrogens with zero attached hydrogens (tertiary/aromatic N) is 1. The Morgan fingerprint density at radius 2 is 1.73 bits per heavy atom. The molecule has 0 radical (unpaired) electrons. The molecule has 7 heteroatoms. The number of thioether (sulfide) groups is 1. The van der Waals surface area contributed by atoms with Crippen molar-refractivity contribution in [1.82, 2.24) is 0 Å². The summed E-state index contributed by atoms with van der Waals surface area (Å²) in [5.74, 6) is 0.207. The number of rotatable bonds is 5. The number of halogens is 2. The lowest BCUT2D eigenvalue weighted by molar-refractivity contribution is -0.113. The lowest BCUT2D eigenvalue weighted by atomic mass is 10.1. The van der Waals surface area contributed by atoms with E-state index >= 15 is 0 Å². The van der Waals surface area contributed by atoms with Crippen LogP contribution in [0, 0.1) is 0 Å². The number of carbonyl (C=O) groups excluding carboxylic acids is 2. The molecule has 1 heterocycles. The Kier molecular flexibility index (Phi) is 6.27. The van der Waals surface area contributed by atoms with Gasteiger partial charge in [0.25, 0.3) is 11.1 Å². The van der Waals surface area contributed by atoms with Gasteiger partial charge in [0.2, 0.25) is 0 Å². The van der Waals surface area contributed by atoms with Crippen LogP contribution in [0.1, 0.15) is 11.1 Å². The second-order valence-corrected chi connectivity index (χ2v) is 8.74. The molecular weight excluding hydrogens is 486 g/mol. The number of benzene rings is 3. The molecule has 0 bridgehead atoms. The van der Waals surface area contributed by atoms with Gasteiger partial charge in [0.05, 0.1) is 15.6 Å². The lowest BCUT2D eigenvalue weighted by Crippen LogP contribution is -2.27. The molecule has 0 aromatic heterocycles. The lowest BCUT2D eigenvalue weighted by Gasteiger charge is -2.14. The molecular formula is C23H15BrClNO3S. The maximum absolute atomic E-state index is 13.0. The van der Waals surface area contributed by atoms with Gasteiger partial charge in [-0.05, 0) is 53.7 Å². The molecule has 3 aromatic carbocycles. The van der Waals surface area contributed by atoms with E-state index < -0.39 is 5.91 Å². The van der Waals surface area contributed by atoms with E-state index in [2.05, 4.69) is 15.9 Å². The third kappa shape index (κ3) is 4.46. The summed E-state index contributed by atoms with van der Waals surface area (Å²) in [5.41, 5.74) is 2.11. The van der Waals surface area contributed by atoms with Crippen molar-refractivity contribution in [2.24, 2.45) is 0 Å². The summed E-state index contributed by atoms with van der Waals surface area (Å²) in [6.07, 6.45) is 1.67. The van der Waals surface area contributed by atoms with Gasteiger partial charge in [-0.3, -0.25) is 9.59 Å². The Morgan fingerprint density at radius 3 is 2.50 bits per heavy atom. The van der Waals surface area contributed by atoms with Crippen LogP contribution in [0.5, 0.6) is 5.75 Å². The van der Waals surface area contributed by atoms with Crippen LogP contribution in [0.25, 0.3) is 6.08 Å². The van der Waals surface area contributed by atoms with Crippen LogP contribution in [-0.2, 0) is 11.4 Å². The molecule has 4 rings (SSSR count). The van der Waals surface area contributed by atoms with Crippen LogP contribution >= 0.6 is 39.3 Å². The first-order chi connectivity index (χ1) is 14.5. The quantitative estimate of drug-likeness (QED) is 0.357. The van der Waals surface area contributed by atoms with E-state index in [-0.39, 0.29) is 5.24 Å². The van der Waals surface area contributed by atoms with Gasteiger partial charge in [0, 0.05) is 10.0 Å². The highest BCUT2D eigenvalue weighted by Crippen LogP contribution is 2.39. The normalized spacial score (nSPS) is 15.1. The monoisotopic (exact) mass is 499 g/mol. The summed E-state index contributed by atoms with van der Waals surface area (Å²) >= 11 is 10.5. The van der Waals surface area contributed by atoms with Gasteiger partial charge >= 0.3 is 0 Å². The molecule has 0 aliphatic carbocycles. The molecule has 1 saturated heterocycles. The zero-order valence-electron chi connectivity index (χ0n) is 15.5. The maximum atomic E-state index is 13.0. The van der Waals surface area contributed by atoms with Gasteiger partial charge in [-0.1, -0.05) is 70.0 Å². The molecule has 4 nitrogen and oxygen atoms in total. The van der Waals surface area contributed by atoms with E-state index in [9.17, 15) is 9.59 Å². The molecule has 0 N–H and O–H groups in total. The van der Waals surface area contributed by atoms with Gasteiger partial charge in [-0.15, -0.1) is 0 Å². The predicted octanol–water partition coefficient (Wildman–Crippen LogP) is 6.92. The summed E-state index contributed by atoms with van der Waals surface area (Å²) in [4.78, 5) is 26.9. The predicted molar refractivity (Wildman–Crippen MR) is 125 cm³/mol. The van der Waals surface area contributed by atoms with Crippen LogP contribution < -0.4 is 9.64 Å². The van der Waals surface area contributed by atoms with E-state index in [4.69, 9.17) is 16.3 Å². The molecule has 0 atom stereocenters. The van der Waals surface area contributed by atoms with Gasteiger partial charge in [0.1, 0.15) is 12.4 Å². The summed E-state index contributed by atoms with van der Waals surface area (Å²) in [6, 6.07) is 22.1. The largest absolute Gasteiger partial charge is 0.488 e. The first-order valence-corrected chi connectivity index (χ1v) is 11.0. The fraction of sp³-hybridized carbons (Fsp3) is 0.0435. The number of carbonyl (C=O) groups is 2. The van der Waals surface area contributed by atoms with Crippen LogP contribution in [-0.4, -0.2) is 11.1 Å². The smallest absolute Gasteiger partial charge is 0.298 e. The highest BCUT2D eigenvalue weighted by molar-refractivity contribution is 9.10. The third-order valence-electron chi connectivity index (χ3n) is 4.38. The second kappa shape index (κ2) is 9.08. The summed E-state index contributed by atoms with van der Waals surface area (Å²) in [7, 11) is 0. The van der Waals surface area contributed by atoms with Gasteiger partial charge in [-0.2, -0.15) is 0 Å². The van der Waals surface area contributed by atoms with E-state index in [0.29, 0.717) is 33.5 Å². The van der Waals surface area contributed by atoms with Crippen LogP contribution in [0.3, 0.4) is 0 Å². The highest BCUT2D eigenvalue weighted by atomic mass is 79.9. The molecule has 1 aliphatic rings. The molecule has 1 aliphatic heterocycles. The number of imide groups is 1. The highest BCUT2D eigenvalue weighted by Gasteiger charge is 2.37. The molecule has 150 valence electrons. The average Bonchev–Trinajstić information content (AvgIpc) is 3.02. The van der Waals surface area contributed by atoms with Crippen molar-refractivity contribution in [2.75, 3.05) is 4.90 Å². The molecule has 0 unspecified atom stereocenters. The number of hydrogen-bond acceptors (Lipinski definition) is 4. The molecule has 3 aromatic rings. The van der Waals surface area contributed by atoms with Crippen molar-refractivity contribution in [3.63, 3.8) is 0 Å². The maximum Gasteiger partial charge on any atom is 0.298 e. The molecule has 0 spiro atoms. The van der Waals surface area contributed by atoms with Crippen molar-refractivity contribution in [3.05, 3.63) is 98.3 Å². The van der Waals surface area contributed by atoms with Crippen molar-refractivity contribution < 1.29 is 14.3 Å². The Morgan fingerprint density at radius 1 is 1.00 bits per heavy atom. The third-order valence-corrected chi connectivity index (χ3v) is 6.07. The van der Waals surface area contributed by atoms with Crippen LogP contribution in [0.4, 0.5) is 10.5 Å². The van der Waals surface area contributed by atoms with Crippen molar-refractivity contribution in [2.45, 2.75) is 6.61 Å². The standard InChI is InChI=1S/C23H15BrClNO3S/c24-17-10-11-20(29-14-15-6-2-1-3-7-15)16(12-17)13-21-22(27)26(23(28)30-21)19-9-5-4-8-18(19)25/h1-13H,14H2/b21-13-. The van der Waals surface area contributed by atoms with E-state index in [0.717, 1.165) is 26.7 Å². The fourth-order valence-electron chi connectivity index (χ4n) is 2.95. The van der Waals surface area contributed by atoms with Crippen molar-refractivity contribution in [1.29, 1.82) is 0 Å². The molecule has 0 saturated carbocycles. The first-order valence-electron chi connectivity index (χ1n) is 9.02. The van der Waals surface area contributed by atoms with Gasteiger partial charge in [0.15, 0.2) is 0 Å². The Labute approximate surface area is 191 Å². The Hall–Kier alpha value is -2.54. The zero-order valence-corrected chi connectivity index (χ0v) is 18.7. The summed E-state index contributed by atoms with van der Waals surface area (Å²) in [5, 5.41) is -0.0449. The summed E-state index contributed by atoms with van der Waals surface area (Å²) < 4.78 is 6.81. The van der Waals surface area contributed by atoms with Crippen LogP contribution in [0.2, 0.25) is 5.02 Å². The number of anilines is 1. The van der Waals surface area contributed by atoms with E-state index in [1.54, 1.807) is 30.3 Å². The summed E-state index contributed by atoms with van der Waals surface area (Å²) in [6.45, 7) is 0.393. The molecule has 1 fully saturated rings. The van der Waals surface area contributed by atoms with Crippen molar-refractivity contribution >= 4 is 62.2 Å². The van der Waals surface area contributed by atoms with E-state index in [1.807, 2.05) is 48.5 Å². The topological polar surface area (TPSA) is 46.6 Å². The minimum absolute atomic E-state index is 0.308. The van der Waals surface area contributed by atoms with Crippen LogP contribution in [0.15, 0.2) is 82.2 Å². The SMILES string of the molecule is O=C1S/C(=C\c2cc(Br)ccc2OCc2ccccc2)C(=O)N1c1ccccc1Cl. The van der Waals surface area contributed by atoms with E-state index in [1.165, 1.54) is 0 Å². The minimum atomic E-state index is -0.410. The Bertz CT molecular complexity index is 1150. The fourth-order valence-corrected chi connectivity index (χ4v) is 4.37. The molecule has 30 heavy (non-hydrogen) atoms. The van der Waals surface area contributed by atoms with Gasteiger partial charge < -0.3 is 4.74 Å². The van der Waals surface area contributed by atoms with Crippen molar-refractivity contribution in [3.8, 4) is 5.75 Å². The number of ether oxygens (including phenoxy) is 1. The molecule has 2 amide bonds.